The molecule has 0 N–H and O–H groups in total. The lowest BCUT2D eigenvalue weighted by Crippen LogP contribution is -2.26. The highest BCUT2D eigenvalue weighted by molar-refractivity contribution is 9.08. The number of hydrogen-bond acceptors (Lipinski definition) is 0. The first-order valence-electron chi connectivity index (χ1n) is 3.20. The Balaban J connectivity index is 2.97. The van der Waals surface area contributed by atoms with E-state index in [0.29, 0.717) is 3.51 Å². The van der Waals surface area contributed by atoms with Crippen LogP contribution in [0.2, 0.25) is 0 Å². The molecule has 10 heavy (non-hydrogen) atoms. The highest BCUT2D eigenvalue weighted by atomic mass is 79.9. The number of hydrogen-bond donors (Lipinski definition) is 0. The van der Waals surface area contributed by atoms with E-state index < -0.39 is 0 Å². The van der Waals surface area contributed by atoms with Crippen LogP contribution in [0.25, 0.3) is 0 Å². The minimum Gasteiger partial charge on any atom is -0.229 e. The third-order valence-corrected chi connectivity index (χ3v) is 1.78. The van der Waals surface area contributed by atoms with Crippen LogP contribution in [0, 0.1) is 0 Å². The molecule has 0 saturated carbocycles. The Morgan fingerprint density at radius 3 is 1.90 bits per heavy atom. The number of para-hydroxylation sites is 1. The summed E-state index contributed by atoms with van der Waals surface area (Å²) < 4.78 is 0.702. The molecule has 1 nitrogen and oxygen atoms in total. The van der Waals surface area contributed by atoms with Crippen LogP contribution in [0.1, 0.15) is 0 Å². The number of benzene rings is 1. The zero-order valence-corrected chi connectivity index (χ0v) is 7.80. The fraction of sp³-hybridized carbons (Fsp3) is 0.250. The van der Waals surface area contributed by atoms with Crippen LogP contribution in [-0.2, 0) is 0 Å². The van der Waals surface area contributed by atoms with Gasteiger partial charge in [0.15, 0.2) is 0 Å². The Morgan fingerprint density at radius 2 is 1.60 bits per heavy atom. The molecule has 0 bridgehead atoms. The summed E-state index contributed by atoms with van der Waals surface area (Å²) in [7, 11) is 4.16. The van der Waals surface area contributed by atoms with Crippen LogP contribution in [-0.4, -0.2) is 14.1 Å². The molecule has 0 aliphatic rings. The molecule has 0 aliphatic heterocycles. The first kappa shape index (κ1) is 7.76. The molecular weight excluding hydrogens is 190 g/mol. The van der Waals surface area contributed by atoms with Gasteiger partial charge in [0.2, 0.25) is 16.1 Å². The van der Waals surface area contributed by atoms with Gasteiger partial charge in [-0.15, -0.1) is 0 Å². The van der Waals surface area contributed by atoms with E-state index in [1.807, 2.05) is 18.2 Å². The number of halogens is 1. The molecule has 0 atom stereocenters. The maximum atomic E-state index is 3.52. The lowest BCUT2D eigenvalue weighted by molar-refractivity contribution is 0.689. The lowest BCUT2D eigenvalue weighted by atomic mass is 10.3. The smallest absolute Gasteiger partial charge is 0.229 e. The van der Waals surface area contributed by atoms with Crippen LogP contribution in [0.4, 0.5) is 5.69 Å². The summed E-state index contributed by atoms with van der Waals surface area (Å²) in [5.41, 5.74) is 1.25. The Morgan fingerprint density at radius 1 is 1.10 bits per heavy atom. The zero-order chi connectivity index (χ0) is 7.61. The third kappa shape index (κ3) is 1.82. The number of quaternary nitrogens is 1. The van der Waals surface area contributed by atoms with Gasteiger partial charge in [-0.3, -0.25) is 0 Å². The Kier molecular flexibility index (Phi) is 2.11. The number of rotatable bonds is 1. The fourth-order valence-electron chi connectivity index (χ4n) is 0.782. The van der Waals surface area contributed by atoms with E-state index >= 15 is 0 Å². The summed E-state index contributed by atoms with van der Waals surface area (Å²) in [4.78, 5) is 0. The molecule has 0 amide bonds. The molecule has 54 valence electrons. The van der Waals surface area contributed by atoms with Gasteiger partial charge in [-0.2, -0.15) is 0 Å². The third-order valence-electron chi connectivity index (χ3n) is 1.37. The van der Waals surface area contributed by atoms with Gasteiger partial charge in [-0.05, 0) is 12.1 Å². The highest BCUT2D eigenvalue weighted by Crippen LogP contribution is 2.21. The van der Waals surface area contributed by atoms with Crippen LogP contribution in [0.3, 0.4) is 0 Å². The van der Waals surface area contributed by atoms with Gasteiger partial charge < -0.3 is 0 Å². The Bertz CT molecular complexity index is 200. The van der Waals surface area contributed by atoms with Crippen molar-refractivity contribution in [1.82, 2.24) is 3.51 Å². The molecule has 1 aromatic rings. The molecule has 0 spiro atoms. The van der Waals surface area contributed by atoms with Crippen molar-refractivity contribution >= 4 is 21.8 Å². The van der Waals surface area contributed by atoms with Gasteiger partial charge in [0.1, 0.15) is 5.69 Å². The minimum absolute atomic E-state index is 0.702. The standard InChI is InChI=1S/C8H11BrN/c1-10(2,9)8-6-4-3-5-7-8/h3-7H,1-2H3/q+1. The first-order valence-corrected chi connectivity index (χ1v) is 3.91. The van der Waals surface area contributed by atoms with Crippen molar-refractivity contribution in [2.75, 3.05) is 14.1 Å². The quantitative estimate of drug-likeness (QED) is 0.612. The molecule has 2 heteroatoms. The van der Waals surface area contributed by atoms with Crippen molar-refractivity contribution in [3.63, 3.8) is 0 Å². The SMILES string of the molecule is C[N+](C)(Br)c1ccccc1. The largest absolute Gasteiger partial charge is 0.233 e. The summed E-state index contributed by atoms with van der Waals surface area (Å²) in [5.74, 6) is 0. The summed E-state index contributed by atoms with van der Waals surface area (Å²) >= 11 is 3.52. The van der Waals surface area contributed by atoms with E-state index in [1.165, 1.54) is 5.69 Å². The molecule has 0 saturated heterocycles. The van der Waals surface area contributed by atoms with Crippen molar-refractivity contribution in [1.29, 1.82) is 0 Å². The zero-order valence-electron chi connectivity index (χ0n) is 6.21. The first-order chi connectivity index (χ1) is 4.61. The Hall–Kier alpha value is -0.340. The molecule has 0 aromatic heterocycles. The van der Waals surface area contributed by atoms with Crippen molar-refractivity contribution in [2.24, 2.45) is 0 Å². The maximum Gasteiger partial charge on any atom is 0.233 e. The van der Waals surface area contributed by atoms with Crippen molar-refractivity contribution in [3.05, 3.63) is 30.3 Å². The number of nitrogens with zero attached hydrogens (tertiary/aromatic N) is 1. The van der Waals surface area contributed by atoms with Gasteiger partial charge in [-0.1, -0.05) is 18.2 Å². The van der Waals surface area contributed by atoms with Crippen LogP contribution in [0.5, 0.6) is 0 Å². The Labute approximate surface area is 70.2 Å². The second kappa shape index (κ2) is 2.72. The van der Waals surface area contributed by atoms with Gasteiger partial charge in [0.05, 0.1) is 14.1 Å². The van der Waals surface area contributed by atoms with Gasteiger partial charge >= 0.3 is 0 Å². The summed E-state index contributed by atoms with van der Waals surface area (Å²) in [6.07, 6.45) is 0. The predicted molar refractivity (Wildman–Crippen MR) is 49.0 cm³/mol. The minimum atomic E-state index is 0.702. The van der Waals surface area contributed by atoms with Crippen LogP contribution >= 0.6 is 16.1 Å². The molecule has 0 fully saturated rings. The second-order valence-corrected chi connectivity index (χ2v) is 4.43. The fourth-order valence-corrected chi connectivity index (χ4v) is 1.02. The highest BCUT2D eigenvalue weighted by Gasteiger charge is 2.13. The van der Waals surface area contributed by atoms with E-state index in [0.717, 1.165) is 0 Å². The predicted octanol–water partition coefficient (Wildman–Crippen LogP) is 2.56. The lowest BCUT2D eigenvalue weighted by Gasteiger charge is -2.17. The maximum absolute atomic E-state index is 3.52. The summed E-state index contributed by atoms with van der Waals surface area (Å²) in [5, 5.41) is 0. The van der Waals surface area contributed by atoms with E-state index in [9.17, 15) is 0 Å². The summed E-state index contributed by atoms with van der Waals surface area (Å²) in [6, 6.07) is 10.3. The van der Waals surface area contributed by atoms with Crippen LogP contribution in [0.15, 0.2) is 30.3 Å². The normalized spacial score (nSPS) is 11.5. The van der Waals surface area contributed by atoms with E-state index in [2.05, 4.69) is 42.4 Å². The summed E-state index contributed by atoms with van der Waals surface area (Å²) in [6.45, 7) is 0. The van der Waals surface area contributed by atoms with Gasteiger partial charge in [-0.25, -0.2) is 3.51 Å². The van der Waals surface area contributed by atoms with E-state index in [4.69, 9.17) is 0 Å². The molecule has 1 aromatic carbocycles. The average molecular weight is 201 g/mol. The van der Waals surface area contributed by atoms with Crippen molar-refractivity contribution in [2.45, 2.75) is 0 Å². The monoisotopic (exact) mass is 200 g/mol. The van der Waals surface area contributed by atoms with E-state index in [1.54, 1.807) is 0 Å². The topological polar surface area (TPSA) is 0 Å². The molecule has 1 rings (SSSR count). The van der Waals surface area contributed by atoms with Crippen molar-refractivity contribution in [3.8, 4) is 0 Å². The molecule has 0 radical (unpaired) electrons. The molecule has 0 heterocycles. The van der Waals surface area contributed by atoms with Crippen LogP contribution < -0.4 is 3.51 Å². The molecular formula is C8H11BrN+. The molecule has 0 unspecified atom stereocenters. The van der Waals surface area contributed by atoms with E-state index in [-0.39, 0.29) is 0 Å². The van der Waals surface area contributed by atoms with Gasteiger partial charge in [0, 0.05) is 0 Å². The second-order valence-electron chi connectivity index (χ2n) is 2.65. The van der Waals surface area contributed by atoms with Gasteiger partial charge in [0.25, 0.3) is 0 Å². The average Bonchev–Trinajstić information content (AvgIpc) is 1.88. The van der Waals surface area contributed by atoms with Crippen molar-refractivity contribution < 1.29 is 0 Å². The molecule has 0 aliphatic carbocycles.